The third-order valence-corrected chi connectivity index (χ3v) is 4.62. The van der Waals surface area contributed by atoms with Gasteiger partial charge in [-0.2, -0.15) is 0 Å². The number of rotatable bonds is 6. The maximum atomic E-state index is 12.4. The highest BCUT2D eigenvalue weighted by atomic mass is 35.5. The predicted octanol–water partition coefficient (Wildman–Crippen LogP) is 3.64. The molecule has 0 aliphatic heterocycles. The highest BCUT2D eigenvalue weighted by molar-refractivity contribution is 5.85. The maximum absolute atomic E-state index is 12.4. The number of fused-ring (bicyclic) bond motifs is 1. The van der Waals surface area contributed by atoms with Crippen LogP contribution in [-0.4, -0.2) is 22.0 Å². The van der Waals surface area contributed by atoms with Crippen LogP contribution in [0.1, 0.15) is 24.4 Å². The number of aryl methyl sites for hydroxylation is 1. The first-order chi connectivity index (χ1) is 12.1. The van der Waals surface area contributed by atoms with Crippen LogP contribution in [0.4, 0.5) is 0 Å². The molecule has 0 fully saturated rings. The van der Waals surface area contributed by atoms with Gasteiger partial charge in [0, 0.05) is 19.1 Å². The van der Waals surface area contributed by atoms with Crippen LogP contribution in [0.5, 0.6) is 0 Å². The second-order valence-corrected chi connectivity index (χ2v) is 6.32. The summed E-state index contributed by atoms with van der Waals surface area (Å²) in [4.78, 5) is 17.0. The molecule has 0 saturated heterocycles. The number of benzene rings is 2. The van der Waals surface area contributed by atoms with Crippen LogP contribution in [0.2, 0.25) is 0 Å². The van der Waals surface area contributed by atoms with E-state index in [0.717, 1.165) is 22.4 Å². The van der Waals surface area contributed by atoms with Gasteiger partial charge in [0.15, 0.2) is 0 Å². The number of amides is 1. The molecular formula is C20H26Cl2N4O. The first-order valence-electron chi connectivity index (χ1n) is 8.58. The Morgan fingerprint density at radius 1 is 1.11 bits per heavy atom. The second kappa shape index (κ2) is 10.3. The number of nitrogens with zero attached hydrogens (tertiary/aromatic N) is 2. The Bertz CT molecular complexity index is 867. The van der Waals surface area contributed by atoms with Gasteiger partial charge >= 0.3 is 0 Å². The van der Waals surface area contributed by atoms with Gasteiger partial charge in [-0.25, -0.2) is 4.98 Å². The fourth-order valence-corrected chi connectivity index (χ4v) is 3.06. The number of halogens is 2. The highest BCUT2D eigenvalue weighted by Crippen LogP contribution is 2.19. The molecule has 0 spiro atoms. The number of para-hydroxylation sites is 2. The number of aromatic nitrogens is 2. The van der Waals surface area contributed by atoms with Gasteiger partial charge in [0.2, 0.25) is 5.91 Å². The van der Waals surface area contributed by atoms with E-state index < -0.39 is 0 Å². The number of imidazole rings is 1. The topological polar surface area (TPSA) is 72.9 Å². The molecule has 0 aliphatic carbocycles. The molecule has 2 atom stereocenters. The molecule has 3 aromatic rings. The summed E-state index contributed by atoms with van der Waals surface area (Å²) in [5.41, 5.74) is 9.27. The van der Waals surface area contributed by atoms with Crippen molar-refractivity contribution >= 4 is 41.8 Å². The summed E-state index contributed by atoms with van der Waals surface area (Å²) in [6.45, 7) is 5.08. The molecule has 5 nitrogen and oxygen atoms in total. The summed E-state index contributed by atoms with van der Waals surface area (Å²) in [6, 6.07) is 17.4. The quantitative estimate of drug-likeness (QED) is 0.653. The van der Waals surface area contributed by atoms with Crippen LogP contribution < -0.4 is 11.1 Å². The average Bonchev–Trinajstić information content (AvgIpc) is 2.96. The number of nitrogens with one attached hydrogen (secondary N) is 1. The summed E-state index contributed by atoms with van der Waals surface area (Å²) in [6.07, 6.45) is 0. The molecule has 7 heteroatoms. The van der Waals surface area contributed by atoms with Gasteiger partial charge < -0.3 is 15.6 Å². The van der Waals surface area contributed by atoms with E-state index in [9.17, 15) is 4.79 Å². The lowest BCUT2D eigenvalue weighted by atomic mass is 9.95. The van der Waals surface area contributed by atoms with Gasteiger partial charge in [0.1, 0.15) is 5.82 Å². The molecule has 0 aliphatic rings. The van der Waals surface area contributed by atoms with Crippen LogP contribution in [-0.2, 0) is 11.3 Å². The molecule has 1 aromatic heterocycles. The summed E-state index contributed by atoms with van der Waals surface area (Å²) >= 11 is 0. The van der Waals surface area contributed by atoms with Crippen molar-refractivity contribution < 1.29 is 4.79 Å². The van der Waals surface area contributed by atoms with E-state index in [2.05, 4.69) is 14.9 Å². The van der Waals surface area contributed by atoms with Crippen molar-refractivity contribution in [2.75, 3.05) is 6.54 Å². The highest BCUT2D eigenvalue weighted by Gasteiger charge is 2.21. The molecular weight excluding hydrogens is 383 g/mol. The number of hydrogen-bond donors (Lipinski definition) is 2. The average molecular weight is 409 g/mol. The Balaban J connectivity index is 0.00000182. The van der Waals surface area contributed by atoms with Crippen molar-refractivity contribution in [1.82, 2.24) is 14.9 Å². The van der Waals surface area contributed by atoms with Crippen LogP contribution in [0.3, 0.4) is 0 Å². The molecule has 0 radical (unpaired) electrons. The van der Waals surface area contributed by atoms with Gasteiger partial charge in [-0.05, 0) is 24.6 Å². The van der Waals surface area contributed by atoms with Crippen LogP contribution >= 0.6 is 24.8 Å². The third-order valence-electron chi connectivity index (χ3n) is 4.62. The number of carbonyl (C=O) groups is 1. The second-order valence-electron chi connectivity index (χ2n) is 6.32. The number of nitrogens with two attached hydrogens (primary N) is 1. The van der Waals surface area contributed by atoms with Crippen molar-refractivity contribution in [2.45, 2.75) is 26.4 Å². The van der Waals surface area contributed by atoms with Crippen LogP contribution in [0, 0.1) is 12.8 Å². The van der Waals surface area contributed by atoms with Gasteiger partial charge in [-0.15, -0.1) is 24.8 Å². The Morgan fingerprint density at radius 3 is 2.44 bits per heavy atom. The predicted molar refractivity (Wildman–Crippen MR) is 115 cm³/mol. The summed E-state index contributed by atoms with van der Waals surface area (Å²) in [5.74, 6) is 0.630. The van der Waals surface area contributed by atoms with Crippen molar-refractivity contribution in [2.24, 2.45) is 11.7 Å². The monoisotopic (exact) mass is 408 g/mol. The summed E-state index contributed by atoms with van der Waals surface area (Å²) in [5, 5.41) is 3.00. The first kappa shape index (κ1) is 23.0. The Kier molecular flexibility index (Phi) is 8.76. The van der Waals surface area contributed by atoms with E-state index in [1.54, 1.807) is 0 Å². The lowest BCUT2D eigenvalue weighted by molar-refractivity contribution is -0.125. The molecule has 1 heterocycles. The number of hydrogen-bond acceptors (Lipinski definition) is 3. The van der Waals surface area contributed by atoms with E-state index >= 15 is 0 Å². The molecule has 3 N–H and O–H groups in total. The lowest BCUT2D eigenvalue weighted by Crippen LogP contribution is -2.37. The van der Waals surface area contributed by atoms with Gasteiger partial charge in [0.05, 0.1) is 17.0 Å². The fraction of sp³-hybridized carbons (Fsp3) is 0.300. The van der Waals surface area contributed by atoms with Gasteiger partial charge in [-0.1, -0.05) is 49.4 Å². The van der Waals surface area contributed by atoms with Crippen molar-refractivity contribution in [3.8, 4) is 0 Å². The van der Waals surface area contributed by atoms with E-state index in [0.29, 0.717) is 13.1 Å². The Labute approximate surface area is 172 Å². The minimum absolute atomic E-state index is 0. The zero-order valence-electron chi connectivity index (χ0n) is 15.5. The van der Waals surface area contributed by atoms with Crippen LogP contribution in [0.25, 0.3) is 11.0 Å². The van der Waals surface area contributed by atoms with Crippen LogP contribution in [0.15, 0.2) is 54.6 Å². The number of carbonyl (C=O) groups excluding carboxylic acids is 1. The fourth-order valence-electron chi connectivity index (χ4n) is 3.06. The van der Waals surface area contributed by atoms with E-state index in [4.69, 9.17) is 5.73 Å². The molecule has 3 rings (SSSR count). The molecule has 27 heavy (non-hydrogen) atoms. The zero-order chi connectivity index (χ0) is 17.8. The first-order valence-corrected chi connectivity index (χ1v) is 8.58. The largest absolute Gasteiger partial charge is 0.354 e. The van der Waals surface area contributed by atoms with Gasteiger partial charge in [0.25, 0.3) is 0 Å². The molecule has 146 valence electrons. The SMILES string of the molecule is Cc1nc2ccccc2n1CCNC(=O)C(C)C(N)c1ccccc1.Cl.Cl. The van der Waals surface area contributed by atoms with Gasteiger partial charge in [-0.3, -0.25) is 4.79 Å². The molecule has 2 aromatic carbocycles. The van der Waals surface area contributed by atoms with Crippen molar-refractivity contribution in [3.63, 3.8) is 0 Å². The third kappa shape index (κ3) is 5.22. The van der Waals surface area contributed by atoms with E-state index in [1.165, 1.54) is 0 Å². The smallest absolute Gasteiger partial charge is 0.224 e. The molecule has 2 unspecified atom stereocenters. The maximum Gasteiger partial charge on any atom is 0.224 e. The van der Waals surface area contributed by atoms with E-state index in [1.807, 2.05) is 68.4 Å². The minimum atomic E-state index is -0.308. The zero-order valence-corrected chi connectivity index (χ0v) is 17.1. The molecule has 0 saturated carbocycles. The minimum Gasteiger partial charge on any atom is -0.354 e. The van der Waals surface area contributed by atoms with E-state index in [-0.39, 0.29) is 42.7 Å². The molecule has 1 amide bonds. The Morgan fingerprint density at radius 2 is 1.74 bits per heavy atom. The Hall–Kier alpha value is -2.08. The summed E-state index contributed by atoms with van der Waals surface area (Å²) in [7, 11) is 0. The van der Waals surface area contributed by atoms with Crippen molar-refractivity contribution in [1.29, 1.82) is 0 Å². The van der Waals surface area contributed by atoms with Crippen molar-refractivity contribution in [3.05, 3.63) is 66.0 Å². The standard InChI is InChI=1S/C20H24N4O.2ClH/c1-14(19(21)16-8-4-3-5-9-16)20(25)22-12-13-24-15(2)23-17-10-6-7-11-18(17)24;;/h3-11,14,19H,12-13,21H2,1-2H3,(H,22,25);2*1H. The lowest BCUT2D eigenvalue weighted by Gasteiger charge is -2.20. The summed E-state index contributed by atoms with van der Waals surface area (Å²) < 4.78 is 2.12. The molecule has 0 bridgehead atoms. The normalized spacial score (nSPS) is 12.6.